The molecule has 0 bridgehead atoms. The Hall–Kier alpha value is -3.82. The molecule has 2 aliphatic heterocycles. The van der Waals surface area contributed by atoms with Gasteiger partial charge in [-0.15, -0.1) is 5.10 Å². The summed E-state index contributed by atoms with van der Waals surface area (Å²) < 4.78 is 31.1. The van der Waals surface area contributed by atoms with Crippen molar-refractivity contribution in [2.24, 2.45) is 10.2 Å². The molecule has 0 fully saturated rings. The Morgan fingerprint density at radius 3 is 2.50 bits per heavy atom. The molecule has 1 unspecified atom stereocenters. The summed E-state index contributed by atoms with van der Waals surface area (Å²) in [6.07, 6.45) is 0.401. The van der Waals surface area contributed by atoms with Crippen molar-refractivity contribution in [3.05, 3.63) is 83.9 Å². The summed E-state index contributed by atoms with van der Waals surface area (Å²) in [6, 6.07) is 21.5. The second-order valence-corrected chi connectivity index (χ2v) is 9.89. The monoisotopic (exact) mass is 475 g/mol. The lowest BCUT2D eigenvalue weighted by molar-refractivity contribution is -0.139. The van der Waals surface area contributed by atoms with E-state index < -0.39 is 28.5 Å². The van der Waals surface area contributed by atoms with Crippen molar-refractivity contribution in [1.82, 2.24) is 5.32 Å². The number of nitrogens with one attached hydrogen (secondary N) is 1. The molecule has 9 heteroatoms. The number of hydrogen-bond donors (Lipinski definition) is 2. The van der Waals surface area contributed by atoms with Crippen LogP contribution in [0.4, 0.5) is 0 Å². The summed E-state index contributed by atoms with van der Waals surface area (Å²) in [7, 11) is -3.54. The highest BCUT2D eigenvalue weighted by Crippen LogP contribution is 2.43. The molecule has 2 aliphatic rings. The number of fused-ring (bicyclic) bond motifs is 3. The molecular formula is C25H21N3O5S. The molecule has 0 spiro atoms. The van der Waals surface area contributed by atoms with Crippen LogP contribution >= 0.6 is 0 Å². The Balaban J connectivity index is 1.45. The highest BCUT2D eigenvalue weighted by atomic mass is 32.2. The fourth-order valence-electron chi connectivity index (χ4n) is 4.13. The van der Waals surface area contributed by atoms with Crippen molar-refractivity contribution >= 4 is 27.4 Å². The van der Waals surface area contributed by atoms with Crippen LogP contribution in [0.3, 0.4) is 0 Å². The van der Waals surface area contributed by atoms with Gasteiger partial charge in [-0.05, 0) is 29.3 Å². The quantitative estimate of drug-likeness (QED) is 0.442. The lowest BCUT2D eigenvalue weighted by atomic mass is 9.97. The van der Waals surface area contributed by atoms with E-state index in [4.69, 9.17) is 9.84 Å². The smallest absolute Gasteiger partial charge is 0.341 e. The minimum absolute atomic E-state index is 0.205. The third-order valence-electron chi connectivity index (χ3n) is 5.77. The lowest BCUT2D eigenvalue weighted by Crippen LogP contribution is -2.42. The van der Waals surface area contributed by atoms with Gasteiger partial charge in [-0.25, -0.2) is 13.2 Å². The van der Waals surface area contributed by atoms with Crippen molar-refractivity contribution < 1.29 is 23.1 Å². The molecule has 8 nitrogen and oxygen atoms in total. The number of sulfone groups is 1. The van der Waals surface area contributed by atoms with Crippen molar-refractivity contribution in [1.29, 1.82) is 0 Å². The van der Waals surface area contributed by atoms with Crippen LogP contribution in [0.15, 0.2) is 92.8 Å². The second kappa shape index (κ2) is 8.85. The topological polar surface area (TPSA) is 117 Å². The number of carboxylic acid groups (broad SMARTS) is 1. The molecule has 0 saturated heterocycles. The molecule has 0 amide bonds. The summed E-state index contributed by atoms with van der Waals surface area (Å²) >= 11 is 0. The fraction of sp³-hybridized carbons (Fsp3) is 0.160. The molecular weight excluding hydrogens is 454 g/mol. The predicted molar refractivity (Wildman–Crippen MR) is 127 cm³/mol. The Morgan fingerprint density at radius 1 is 0.971 bits per heavy atom. The molecule has 0 aromatic heterocycles. The Kier molecular flexibility index (Phi) is 5.72. The largest absolute Gasteiger partial charge is 0.479 e. The molecule has 0 saturated carbocycles. The van der Waals surface area contributed by atoms with E-state index in [0.29, 0.717) is 34.7 Å². The van der Waals surface area contributed by atoms with E-state index in [-0.39, 0.29) is 10.8 Å². The average Bonchev–Trinajstić information content (AvgIpc) is 3.09. The van der Waals surface area contributed by atoms with Crippen molar-refractivity contribution in [2.75, 3.05) is 6.61 Å². The van der Waals surface area contributed by atoms with Gasteiger partial charge in [-0.3, -0.25) is 0 Å². The summed E-state index contributed by atoms with van der Waals surface area (Å²) in [5.74, 6) is -0.894. The van der Waals surface area contributed by atoms with Gasteiger partial charge in [-0.2, -0.15) is 5.10 Å². The molecule has 0 aliphatic carbocycles. The first kappa shape index (κ1) is 22.0. The third kappa shape index (κ3) is 4.11. The zero-order chi connectivity index (χ0) is 23.7. The van der Waals surface area contributed by atoms with Crippen LogP contribution in [0.25, 0.3) is 11.1 Å². The van der Waals surface area contributed by atoms with E-state index in [1.54, 1.807) is 30.3 Å². The first-order valence-electron chi connectivity index (χ1n) is 10.7. The van der Waals surface area contributed by atoms with E-state index in [9.17, 15) is 13.2 Å². The van der Waals surface area contributed by atoms with Gasteiger partial charge in [-0.1, -0.05) is 54.6 Å². The minimum atomic E-state index is -3.54. The fourth-order valence-corrected chi connectivity index (χ4v) is 5.80. The van der Waals surface area contributed by atoms with Gasteiger partial charge in [0, 0.05) is 24.1 Å². The van der Waals surface area contributed by atoms with Crippen LogP contribution in [0, 0.1) is 0 Å². The first-order chi connectivity index (χ1) is 16.4. The van der Waals surface area contributed by atoms with Crippen LogP contribution in [-0.2, 0) is 25.9 Å². The summed E-state index contributed by atoms with van der Waals surface area (Å²) in [5, 5.41) is 20.8. The van der Waals surface area contributed by atoms with Crippen molar-refractivity contribution in [3.8, 4) is 11.1 Å². The van der Waals surface area contributed by atoms with Gasteiger partial charge >= 0.3 is 5.97 Å². The summed E-state index contributed by atoms with van der Waals surface area (Å²) in [5.41, 5.74) is 3.77. The number of carboxylic acids is 1. The van der Waals surface area contributed by atoms with Crippen molar-refractivity contribution in [3.63, 3.8) is 0 Å². The number of aliphatic carboxylic acids is 1. The summed E-state index contributed by atoms with van der Waals surface area (Å²) in [4.78, 5) is 11.6. The molecule has 3 aromatic rings. The number of hydrogen-bond acceptors (Lipinski definition) is 7. The first-order valence-corrected chi connectivity index (χ1v) is 12.2. The molecule has 2 heterocycles. The lowest BCUT2D eigenvalue weighted by Gasteiger charge is -2.23. The average molecular weight is 476 g/mol. The van der Waals surface area contributed by atoms with Gasteiger partial charge in [0.25, 0.3) is 0 Å². The Labute approximate surface area is 196 Å². The molecule has 1 atom stereocenters. The van der Waals surface area contributed by atoms with Crippen LogP contribution in [0.1, 0.15) is 17.5 Å². The second-order valence-electron chi connectivity index (χ2n) is 8.00. The van der Waals surface area contributed by atoms with Gasteiger partial charge < -0.3 is 15.2 Å². The van der Waals surface area contributed by atoms with E-state index in [2.05, 4.69) is 15.5 Å². The molecule has 3 aromatic carbocycles. The predicted octanol–water partition coefficient (Wildman–Crippen LogP) is 3.27. The highest BCUT2D eigenvalue weighted by molar-refractivity contribution is 7.92. The molecule has 2 N–H and O–H groups in total. The molecule has 5 rings (SSSR count). The highest BCUT2D eigenvalue weighted by Gasteiger charge is 2.33. The van der Waals surface area contributed by atoms with Crippen LogP contribution in [0.5, 0.6) is 0 Å². The maximum absolute atomic E-state index is 12.9. The zero-order valence-corrected chi connectivity index (χ0v) is 18.8. The number of ether oxygens (including phenoxy) is 1. The van der Waals surface area contributed by atoms with Gasteiger partial charge in [0.15, 0.2) is 6.61 Å². The van der Waals surface area contributed by atoms with Crippen LogP contribution < -0.4 is 5.32 Å². The molecule has 34 heavy (non-hydrogen) atoms. The van der Waals surface area contributed by atoms with E-state index in [0.717, 1.165) is 11.1 Å². The van der Waals surface area contributed by atoms with E-state index >= 15 is 0 Å². The van der Waals surface area contributed by atoms with Crippen molar-refractivity contribution in [2.45, 2.75) is 28.8 Å². The standard InChI is InChI=1S/C25H21N3O5S/c29-24(30)15-33-25-21(26-14-16-6-2-1-3-7-16)13-20(27-28-25)17-10-11-23-19(12-17)18-8-4-5-9-22(18)34(23,31)32/h1-12,21,26H,13-15H2,(H,29,30). The van der Waals surface area contributed by atoms with Gasteiger partial charge in [0.1, 0.15) is 0 Å². The van der Waals surface area contributed by atoms with Crippen LogP contribution in [-0.4, -0.2) is 43.8 Å². The summed E-state index contributed by atoms with van der Waals surface area (Å²) in [6.45, 7) is 0.0186. The number of rotatable bonds is 6. The SMILES string of the molecule is O=C(O)COC1=NN=C(c2ccc3c(c2)-c2ccccc2S3(=O)=O)CC1NCc1ccccc1. The van der Waals surface area contributed by atoms with Gasteiger partial charge in [0.05, 0.1) is 21.5 Å². The molecule has 0 radical (unpaired) electrons. The van der Waals surface area contributed by atoms with E-state index in [1.165, 1.54) is 0 Å². The zero-order valence-electron chi connectivity index (χ0n) is 18.0. The minimum Gasteiger partial charge on any atom is -0.479 e. The maximum atomic E-state index is 12.9. The maximum Gasteiger partial charge on any atom is 0.341 e. The third-order valence-corrected chi connectivity index (χ3v) is 7.64. The number of carbonyl (C=O) groups is 1. The van der Waals surface area contributed by atoms with Crippen LogP contribution in [0.2, 0.25) is 0 Å². The Morgan fingerprint density at radius 2 is 1.71 bits per heavy atom. The van der Waals surface area contributed by atoms with Gasteiger partial charge in [0.2, 0.25) is 15.7 Å². The number of benzene rings is 3. The Bertz CT molecular complexity index is 1430. The number of nitrogens with zero attached hydrogens (tertiary/aromatic N) is 2. The van der Waals surface area contributed by atoms with E-state index in [1.807, 2.05) is 42.5 Å². The normalized spacial score (nSPS) is 17.8. The molecule has 172 valence electrons.